The first-order valence-corrected chi connectivity index (χ1v) is 11.9. The van der Waals surface area contributed by atoms with Crippen LogP contribution in [0.2, 0.25) is 0 Å². The average Bonchev–Trinajstić information content (AvgIpc) is 3.58. The minimum absolute atomic E-state index is 0.0840. The summed E-state index contributed by atoms with van der Waals surface area (Å²) in [5, 5.41) is 3.00. The van der Waals surface area contributed by atoms with Crippen LogP contribution in [0, 0.1) is 0 Å². The van der Waals surface area contributed by atoms with Gasteiger partial charge >= 0.3 is 0 Å². The largest absolute Gasteiger partial charge is 0.491 e. The van der Waals surface area contributed by atoms with Gasteiger partial charge < -0.3 is 24.4 Å². The summed E-state index contributed by atoms with van der Waals surface area (Å²) in [4.78, 5) is 24.2. The Kier molecular flexibility index (Phi) is 4.60. The van der Waals surface area contributed by atoms with Crippen molar-refractivity contribution < 1.29 is 19.0 Å². The van der Waals surface area contributed by atoms with Crippen LogP contribution < -0.4 is 24.4 Å². The Morgan fingerprint density at radius 2 is 1.56 bits per heavy atom. The summed E-state index contributed by atoms with van der Waals surface area (Å²) in [6.45, 7) is 0.837. The number of rotatable bonds is 5. The van der Waals surface area contributed by atoms with Crippen molar-refractivity contribution in [3.05, 3.63) is 96.3 Å². The molecule has 0 saturated heterocycles. The Balaban J connectivity index is 1.14. The van der Waals surface area contributed by atoms with Gasteiger partial charge in [-0.25, -0.2) is 9.97 Å². The number of carbonyl (C=O) groups is 1. The summed E-state index contributed by atoms with van der Waals surface area (Å²) in [6, 6.07) is 23.1. The molecule has 8 nitrogen and oxygen atoms in total. The predicted molar refractivity (Wildman–Crippen MR) is 133 cm³/mol. The van der Waals surface area contributed by atoms with E-state index in [9.17, 15) is 4.79 Å². The molecule has 178 valence electrons. The van der Waals surface area contributed by atoms with E-state index in [2.05, 4.69) is 15.3 Å². The smallest absolute Gasteiger partial charge is 0.243 e. The fourth-order valence-electron chi connectivity index (χ4n) is 5.20. The number of hydrogen-bond acceptors (Lipinski definition) is 7. The van der Waals surface area contributed by atoms with E-state index in [0.29, 0.717) is 30.2 Å². The third-order valence-corrected chi connectivity index (χ3v) is 6.93. The van der Waals surface area contributed by atoms with Gasteiger partial charge in [0.15, 0.2) is 11.5 Å². The molecule has 1 amide bonds. The lowest BCUT2D eigenvalue weighted by Gasteiger charge is -2.23. The highest BCUT2D eigenvalue weighted by Gasteiger charge is 2.54. The van der Waals surface area contributed by atoms with E-state index < -0.39 is 11.7 Å². The van der Waals surface area contributed by atoms with Crippen LogP contribution in [-0.4, -0.2) is 35.3 Å². The van der Waals surface area contributed by atoms with Crippen LogP contribution in [0.5, 0.6) is 17.2 Å². The number of para-hydroxylation sites is 1. The van der Waals surface area contributed by atoms with Crippen LogP contribution in [0.4, 0.5) is 17.3 Å². The van der Waals surface area contributed by atoms with Crippen molar-refractivity contribution in [2.75, 3.05) is 23.4 Å². The van der Waals surface area contributed by atoms with Gasteiger partial charge in [0.2, 0.25) is 12.2 Å². The Labute approximate surface area is 207 Å². The number of nitrogens with zero attached hydrogens (tertiary/aromatic N) is 3. The molecule has 1 N–H and O–H groups in total. The first kappa shape index (κ1) is 20.8. The molecule has 0 aliphatic carbocycles. The molecule has 2 atom stereocenters. The molecule has 2 aromatic heterocycles. The van der Waals surface area contributed by atoms with E-state index >= 15 is 0 Å². The van der Waals surface area contributed by atoms with E-state index in [1.165, 1.54) is 0 Å². The lowest BCUT2D eigenvalue weighted by molar-refractivity contribution is -0.119. The van der Waals surface area contributed by atoms with Crippen molar-refractivity contribution in [2.45, 2.75) is 18.1 Å². The Hall–Kier alpha value is -4.59. The van der Waals surface area contributed by atoms with Gasteiger partial charge in [-0.05, 0) is 42.0 Å². The van der Waals surface area contributed by atoms with Crippen LogP contribution >= 0.6 is 0 Å². The van der Waals surface area contributed by atoms with Crippen molar-refractivity contribution in [3.63, 3.8) is 0 Å². The number of anilines is 3. The second kappa shape index (κ2) is 7.98. The maximum absolute atomic E-state index is 13.1. The van der Waals surface area contributed by atoms with Gasteiger partial charge in [-0.2, -0.15) is 0 Å². The van der Waals surface area contributed by atoms with E-state index in [-0.39, 0.29) is 12.5 Å². The zero-order valence-corrected chi connectivity index (χ0v) is 19.3. The van der Waals surface area contributed by atoms with Crippen molar-refractivity contribution in [1.29, 1.82) is 0 Å². The van der Waals surface area contributed by atoms with E-state index in [1.54, 1.807) is 12.4 Å². The zero-order chi connectivity index (χ0) is 24.1. The topological polar surface area (TPSA) is 85.8 Å². The number of carbonyl (C=O) groups excluding carboxylic acids is 1. The highest BCUT2D eigenvalue weighted by Crippen LogP contribution is 2.53. The number of nitrogens with one attached hydrogen (secondary N) is 1. The van der Waals surface area contributed by atoms with Gasteiger partial charge in [-0.3, -0.25) is 4.79 Å². The summed E-state index contributed by atoms with van der Waals surface area (Å²) < 4.78 is 18.4. The van der Waals surface area contributed by atoms with Crippen molar-refractivity contribution in [3.8, 4) is 17.2 Å². The third kappa shape index (κ3) is 3.11. The average molecular weight is 479 g/mol. The number of aromatic nitrogens is 2. The first-order chi connectivity index (χ1) is 17.7. The molecular weight excluding hydrogens is 456 g/mol. The minimum Gasteiger partial charge on any atom is -0.491 e. The van der Waals surface area contributed by atoms with Gasteiger partial charge in [0.25, 0.3) is 0 Å². The first-order valence-electron chi connectivity index (χ1n) is 11.9. The summed E-state index contributed by atoms with van der Waals surface area (Å²) >= 11 is 0. The molecule has 7 rings (SSSR count). The Morgan fingerprint density at radius 3 is 2.28 bits per heavy atom. The fraction of sp³-hybridized carbons (Fsp3) is 0.179. The molecule has 2 unspecified atom stereocenters. The second-order valence-electron chi connectivity index (χ2n) is 8.97. The Morgan fingerprint density at radius 1 is 0.861 bits per heavy atom. The van der Waals surface area contributed by atoms with Crippen LogP contribution in [0.3, 0.4) is 0 Å². The molecule has 0 saturated carbocycles. The predicted octanol–water partition coefficient (Wildman–Crippen LogP) is 4.43. The van der Waals surface area contributed by atoms with E-state index in [4.69, 9.17) is 14.2 Å². The summed E-state index contributed by atoms with van der Waals surface area (Å²) in [5.41, 5.74) is 1.66. The quantitative estimate of drug-likeness (QED) is 0.454. The molecule has 3 aliphatic heterocycles. The standard InChI is InChI=1S/C28H22N4O4/c33-27-28(18-7-1-2-8-20(18)31-27)17-34-21-16-23-22(15-19(21)28)35-26(36-23)11-14-32(24-9-3-5-12-29-24)25-10-4-6-13-30-25/h1-10,12-13,15-16,26H,11,14,17H2,(H,31,33). The van der Waals surface area contributed by atoms with E-state index in [0.717, 1.165) is 28.5 Å². The molecule has 36 heavy (non-hydrogen) atoms. The maximum Gasteiger partial charge on any atom is 0.243 e. The van der Waals surface area contributed by atoms with Crippen molar-refractivity contribution >= 4 is 23.2 Å². The maximum atomic E-state index is 13.1. The van der Waals surface area contributed by atoms with Gasteiger partial charge in [0, 0.05) is 42.7 Å². The van der Waals surface area contributed by atoms with Crippen LogP contribution in [0.1, 0.15) is 17.5 Å². The number of amides is 1. The van der Waals surface area contributed by atoms with Gasteiger partial charge in [0.1, 0.15) is 29.4 Å². The van der Waals surface area contributed by atoms with E-state index in [1.807, 2.05) is 77.7 Å². The summed E-state index contributed by atoms with van der Waals surface area (Å²) in [7, 11) is 0. The zero-order valence-electron chi connectivity index (χ0n) is 19.3. The molecule has 1 spiro atoms. The third-order valence-electron chi connectivity index (χ3n) is 6.93. The number of benzene rings is 2. The minimum atomic E-state index is -0.878. The second-order valence-corrected chi connectivity index (χ2v) is 8.97. The normalized spacial score (nSPS) is 20.6. The highest BCUT2D eigenvalue weighted by atomic mass is 16.7. The molecule has 0 bridgehead atoms. The number of pyridine rings is 2. The van der Waals surface area contributed by atoms with Crippen molar-refractivity contribution in [2.24, 2.45) is 0 Å². The van der Waals surface area contributed by atoms with Crippen molar-refractivity contribution in [1.82, 2.24) is 9.97 Å². The number of hydrogen-bond donors (Lipinski definition) is 1. The molecule has 2 aromatic carbocycles. The monoisotopic (exact) mass is 478 g/mol. The number of ether oxygens (including phenoxy) is 3. The Bertz CT molecular complexity index is 1420. The molecule has 0 radical (unpaired) electrons. The molecule has 8 heteroatoms. The fourth-order valence-corrected chi connectivity index (χ4v) is 5.20. The highest BCUT2D eigenvalue weighted by molar-refractivity contribution is 6.10. The van der Waals surface area contributed by atoms with Crippen LogP contribution in [-0.2, 0) is 10.2 Å². The molecule has 3 aliphatic rings. The van der Waals surface area contributed by atoms with Gasteiger partial charge in [0.05, 0.1) is 0 Å². The van der Waals surface area contributed by atoms with Crippen LogP contribution in [0.15, 0.2) is 85.2 Å². The molecular formula is C28H22N4O4. The molecule has 0 fully saturated rings. The van der Waals surface area contributed by atoms with Gasteiger partial charge in [-0.15, -0.1) is 0 Å². The number of fused-ring (bicyclic) bond motifs is 5. The molecule has 4 aromatic rings. The lowest BCUT2D eigenvalue weighted by Crippen LogP contribution is -2.37. The lowest BCUT2D eigenvalue weighted by atomic mass is 9.77. The van der Waals surface area contributed by atoms with Gasteiger partial charge in [-0.1, -0.05) is 30.3 Å². The summed E-state index contributed by atoms with van der Waals surface area (Å²) in [5.74, 6) is 3.39. The summed E-state index contributed by atoms with van der Waals surface area (Å²) in [6.07, 6.45) is 3.61. The SMILES string of the molecule is O=C1Nc2ccccc2C12COc1cc3c(cc12)OC(CCN(c1ccccn1)c1ccccn1)O3. The molecule has 5 heterocycles. The van der Waals surface area contributed by atoms with Crippen LogP contribution in [0.25, 0.3) is 0 Å².